The largest absolute Gasteiger partial charge is 0.466 e. The Morgan fingerprint density at radius 3 is 3.12 bits per heavy atom. The molecule has 11 heteroatoms. The molecule has 0 radical (unpaired) electrons. The van der Waals surface area contributed by atoms with E-state index in [1.54, 1.807) is 10.9 Å². The summed E-state index contributed by atoms with van der Waals surface area (Å²) in [5.41, 5.74) is 3.13. The van der Waals surface area contributed by atoms with E-state index < -0.39 is 4.92 Å². The maximum absolute atomic E-state index is 11.2. The van der Waals surface area contributed by atoms with Gasteiger partial charge in [0.25, 0.3) is 5.88 Å². The fourth-order valence-electron chi connectivity index (χ4n) is 4.27. The molecule has 2 atom stereocenters. The van der Waals surface area contributed by atoms with Gasteiger partial charge in [-0.15, -0.1) is 5.10 Å². The summed E-state index contributed by atoms with van der Waals surface area (Å²) in [7, 11) is 0. The van der Waals surface area contributed by atoms with Crippen molar-refractivity contribution in [3.63, 3.8) is 0 Å². The van der Waals surface area contributed by atoms with Gasteiger partial charge in [0.1, 0.15) is 12.3 Å². The molecule has 2 aliphatic heterocycles. The van der Waals surface area contributed by atoms with Crippen molar-refractivity contribution in [1.29, 1.82) is 0 Å². The first kappa shape index (κ1) is 20.6. The summed E-state index contributed by atoms with van der Waals surface area (Å²) < 4.78 is 13.8. The molecule has 2 unspecified atom stereocenters. The summed E-state index contributed by atoms with van der Waals surface area (Å²) in [4.78, 5) is 14.7. The molecule has 0 bridgehead atoms. The number of nitrogens with zero attached hydrogens (tertiary/aromatic N) is 5. The lowest BCUT2D eigenvalue weighted by Gasteiger charge is -2.38. The summed E-state index contributed by atoms with van der Waals surface area (Å²) in [6, 6.07) is 9.45. The highest BCUT2D eigenvalue weighted by Gasteiger charge is 2.47. The molecule has 1 spiro atoms. The maximum Gasteiger partial charge on any atom is 0.332 e. The molecule has 1 aromatic carbocycles. The third-order valence-electron chi connectivity index (χ3n) is 5.83. The fourth-order valence-corrected chi connectivity index (χ4v) is 4.59. The number of pyridine rings is 1. The number of fused-ring (bicyclic) bond motifs is 2. The normalized spacial score (nSPS) is 21.9. The molecule has 0 saturated carbocycles. The highest BCUT2D eigenvalue weighted by Crippen LogP contribution is 2.49. The van der Waals surface area contributed by atoms with Crippen LogP contribution in [0.4, 0.5) is 11.4 Å². The summed E-state index contributed by atoms with van der Waals surface area (Å²) in [5.74, 6) is -0.0716. The number of anilines is 1. The summed E-state index contributed by atoms with van der Waals surface area (Å²) >= 11 is 3.18. The maximum atomic E-state index is 11.2. The first-order chi connectivity index (χ1) is 15.5. The third-order valence-corrected chi connectivity index (χ3v) is 6.27. The van der Waals surface area contributed by atoms with Gasteiger partial charge in [-0.05, 0) is 34.0 Å². The predicted molar refractivity (Wildman–Crippen MR) is 118 cm³/mol. The van der Waals surface area contributed by atoms with Gasteiger partial charge in [-0.2, -0.15) is 0 Å². The molecule has 0 aliphatic carbocycles. The molecule has 2 aliphatic rings. The van der Waals surface area contributed by atoms with E-state index >= 15 is 0 Å². The Bertz CT molecular complexity index is 1210. The first-order valence-corrected chi connectivity index (χ1v) is 10.7. The zero-order valence-corrected chi connectivity index (χ0v) is 18.5. The Hall–Kier alpha value is -3.31. The van der Waals surface area contributed by atoms with Gasteiger partial charge in [0.05, 0.1) is 35.8 Å². The molecule has 1 saturated heterocycles. The molecule has 0 amide bonds. The van der Waals surface area contributed by atoms with E-state index in [0.717, 1.165) is 17.8 Å². The van der Waals surface area contributed by atoms with Crippen LogP contribution in [0.2, 0.25) is 0 Å². The minimum Gasteiger partial charge on any atom is -0.466 e. The Morgan fingerprint density at radius 1 is 1.44 bits per heavy atom. The molecule has 164 valence electrons. The van der Waals surface area contributed by atoms with Gasteiger partial charge in [-0.3, -0.25) is 10.1 Å². The number of benzene rings is 1. The number of nitro groups is 1. The van der Waals surface area contributed by atoms with E-state index in [0.29, 0.717) is 23.4 Å². The molecular formula is C21H19BrN6O4. The molecule has 32 heavy (non-hydrogen) atoms. The smallest absolute Gasteiger partial charge is 0.332 e. The number of halogens is 1. The summed E-state index contributed by atoms with van der Waals surface area (Å²) in [5, 5.41) is 23.0. The highest BCUT2D eigenvalue weighted by molar-refractivity contribution is 9.10. The van der Waals surface area contributed by atoms with Gasteiger partial charge in [-0.1, -0.05) is 30.0 Å². The average Bonchev–Trinajstić information content (AvgIpc) is 3.37. The average molecular weight is 499 g/mol. The lowest BCUT2D eigenvalue weighted by Crippen LogP contribution is -2.41. The minimum atomic E-state index is -0.539. The lowest BCUT2D eigenvalue weighted by atomic mass is 9.74. The fraction of sp³-hybridized carbons (Fsp3) is 0.286. The minimum absolute atomic E-state index is 0.00525. The van der Waals surface area contributed by atoms with Crippen LogP contribution in [0.3, 0.4) is 0 Å². The number of para-hydroxylation sites is 1. The quantitative estimate of drug-likeness (QED) is 0.417. The van der Waals surface area contributed by atoms with E-state index in [1.807, 2.05) is 18.2 Å². The number of rotatable bonds is 5. The monoisotopic (exact) mass is 498 g/mol. The molecule has 10 nitrogen and oxygen atoms in total. The van der Waals surface area contributed by atoms with E-state index in [1.165, 1.54) is 17.8 Å². The lowest BCUT2D eigenvalue weighted by molar-refractivity contribution is -0.386. The van der Waals surface area contributed by atoms with Gasteiger partial charge in [0.15, 0.2) is 0 Å². The van der Waals surface area contributed by atoms with Gasteiger partial charge in [0, 0.05) is 28.1 Å². The van der Waals surface area contributed by atoms with Crippen molar-refractivity contribution in [2.45, 2.75) is 24.5 Å². The number of aromatic nitrogens is 4. The topological polar surface area (TPSA) is 117 Å². The van der Waals surface area contributed by atoms with Crippen LogP contribution in [0.5, 0.6) is 5.88 Å². The van der Waals surface area contributed by atoms with Crippen LogP contribution >= 0.6 is 15.9 Å². The van der Waals surface area contributed by atoms with E-state index in [2.05, 4.69) is 49.2 Å². The van der Waals surface area contributed by atoms with Crippen LogP contribution in [-0.2, 0) is 16.8 Å². The van der Waals surface area contributed by atoms with Crippen molar-refractivity contribution in [2.24, 2.45) is 0 Å². The summed E-state index contributed by atoms with van der Waals surface area (Å²) in [6.07, 6.45) is 3.98. The Kier molecular flexibility index (Phi) is 5.14. The first-order valence-electron chi connectivity index (χ1n) is 9.93. The Morgan fingerprint density at radius 2 is 2.28 bits per heavy atom. The van der Waals surface area contributed by atoms with Crippen LogP contribution in [0, 0.1) is 10.1 Å². The number of hydrogen-bond donors (Lipinski definition) is 1. The van der Waals surface area contributed by atoms with Crippen molar-refractivity contribution >= 4 is 27.3 Å². The van der Waals surface area contributed by atoms with Crippen molar-refractivity contribution in [3.8, 4) is 5.88 Å². The van der Waals surface area contributed by atoms with Crippen LogP contribution in [-0.4, -0.2) is 38.1 Å². The van der Waals surface area contributed by atoms with E-state index in [4.69, 9.17) is 9.47 Å². The number of nitrogens with one attached hydrogen (secondary N) is 1. The molecule has 4 heterocycles. The SMILES string of the molecule is C=C1Nc2ccccc2C12COCC(n1cc(COc3ncc(Br)cc3[N+](=O)[O-])nn1)C2. The molecular weight excluding hydrogens is 480 g/mol. The molecule has 1 N–H and O–H groups in total. The van der Waals surface area contributed by atoms with Gasteiger partial charge < -0.3 is 14.8 Å². The highest BCUT2D eigenvalue weighted by atomic mass is 79.9. The number of hydrogen-bond acceptors (Lipinski definition) is 8. The molecule has 2 aromatic heterocycles. The molecule has 1 fully saturated rings. The van der Waals surface area contributed by atoms with Crippen molar-refractivity contribution in [2.75, 3.05) is 18.5 Å². The Labute approximate surface area is 191 Å². The second kappa shape index (κ2) is 7.99. The third kappa shape index (κ3) is 3.53. The molecule has 5 rings (SSSR count). The van der Waals surface area contributed by atoms with Crippen molar-refractivity contribution in [1.82, 2.24) is 20.0 Å². The van der Waals surface area contributed by atoms with Gasteiger partial charge >= 0.3 is 5.69 Å². The van der Waals surface area contributed by atoms with Gasteiger partial charge in [-0.25, -0.2) is 9.67 Å². The second-order valence-corrected chi connectivity index (χ2v) is 8.73. The number of ether oxygens (including phenoxy) is 2. The van der Waals surface area contributed by atoms with Crippen molar-refractivity contribution < 1.29 is 14.4 Å². The Balaban J connectivity index is 1.32. The van der Waals surface area contributed by atoms with Crippen LogP contribution in [0.25, 0.3) is 0 Å². The predicted octanol–water partition coefficient (Wildman–Crippen LogP) is 3.76. The molecule has 3 aromatic rings. The zero-order chi connectivity index (χ0) is 22.3. The van der Waals surface area contributed by atoms with Crippen molar-refractivity contribution in [3.05, 3.63) is 80.8 Å². The summed E-state index contributed by atoms with van der Waals surface area (Å²) in [6.45, 7) is 5.31. The van der Waals surface area contributed by atoms with E-state index in [-0.39, 0.29) is 29.6 Å². The van der Waals surface area contributed by atoms with Gasteiger partial charge in [0.2, 0.25) is 0 Å². The second-order valence-electron chi connectivity index (χ2n) is 7.82. The van der Waals surface area contributed by atoms with Crippen LogP contribution in [0.1, 0.15) is 23.7 Å². The van der Waals surface area contributed by atoms with E-state index in [9.17, 15) is 10.1 Å². The van der Waals surface area contributed by atoms with Crippen LogP contribution < -0.4 is 10.1 Å². The zero-order valence-electron chi connectivity index (χ0n) is 16.9. The van der Waals surface area contributed by atoms with Crippen LogP contribution in [0.15, 0.2) is 59.5 Å². The standard InChI is InChI=1S/C21H19BrN6O4/c1-13-21(17-4-2-3-5-18(17)24-13)7-16(11-31-12-21)27-9-15(25-26-27)10-32-20-19(28(29)30)6-14(22)8-23-20/h2-6,8-9,16,24H,1,7,10-12H2.